The summed E-state index contributed by atoms with van der Waals surface area (Å²) < 4.78 is 14.2. The standard InChI is InChI=1S/C20H21BrN4O2/c1-3-26-19-10-16(11-23-25-12-14(2)24-20(25)22)6-9-18(19)27-13-15-4-7-17(21)8-5-15/h4-12H,3,13H2,1-2H3,(H2,22,24). The first-order valence-corrected chi connectivity index (χ1v) is 9.34. The minimum Gasteiger partial charge on any atom is -0.490 e. The highest BCUT2D eigenvalue weighted by molar-refractivity contribution is 9.10. The van der Waals surface area contributed by atoms with Crippen molar-refractivity contribution in [1.82, 2.24) is 9.66 Å². The monoisotopic (exact) mass is 428 g/mol. The Morgan fingerprint density at radius 1 is 1.15 bits per heavy atom. The molecule has 1 heterocycles. The van der Waals surface area contributed by atoms with Crippen LogP contribution in [0.2, 0.25) is 0 Å². The van der Waals surface area contributed by atoms with Crippen molar-refractivity contribution in [2.75, 3.05) is 12.3 Å². The summed E-state index contributed by atoms with van der Waals surface area (Å²) in [5.74, 6) is 1.71. The molecular formula is C20H21BrN4O2. The summed E-state index contributed by atoms with van der Waals surface area (Å²) in [6.45, 7) is 4.82. The summed E-state index contributed by atoms with van der Waals surface area (Å²) in [6.07, 6.45) is 3.48. The lowest BCUT2D eigenvalue weighted by molar-refractivity contribution is 0.269. The Labute approximate surface area is 166 Å². The molecule has 7 heteroatoms. The number of aromatic nitrogens is 2. The van der Waals surface area contributed by atoms with Crippen molar-refractivity contribution in [1.29, 1.82) is 0 Å². The number of halogens is 1. The van der Waals surface area contributed by atoms with Gasteiger partial charge in [-0.3, -0.25) is 0 Å². The van der Waals surface area contributed by atoms with Crippen LogP contribution in [0.5, 0.6) is 11.5 Å². The van der Waals surface area contributed by atoms with Crippen LogP contribution < -0.4 is 15.2 Å². The van der Waals surface area contributed by atoms with E-state index in [1.165, 1.54) is 4.68 Å². The third kappa shape index (κ3) is 5.10. The number of hydrogen-bond donors (Lipinski definition) is 1. The van der Waals surface area contributed by atoms with E-state index >= 15 is 0 Å². The number of aryl methyl sites for hydroxylation is 1. The molecule has 0 fully saturated rings. The van der Waals surface area contributed by atoms with E-state index in [0.717, 1.165) is 21.3 Å². The molecule has 0 saturated carbocycles. The van der Waals surface area contributed by atoms with Gasteiger partial charge in [-0.2, -0.15) is 5.10 Å². The second-order valence-electron chi connectivity index (χ2n) is 5.88. The van der Waals surface area contributed by atoms with Crippen LogP contribution in [0.4, 0.5) is 5.95 Å². The molecule has 0 amide bonds. The molecule has 0 unspecified atom stereocenters. The van der Waals surface area contributed by atoms with E-state index < -0.39 is 0 Å². The van der Waals surface area contributed by atoms with Gasteiger partial charge in [0.1, 0.15) is 6.61 Å². The van der Waals surface area contributed by atoms with Crippen molar-refractivity contribution in [3.63, 3.8) is 0 Å². The second kappa shape index (κ2) is 8.73. The topological polar surface area (TPSA) is 74.7 Å². The molecule has 6 nitrogen and oxygen atoms in total. The van der Waals surface area contributed by atoms with Gasteiger partial charge in [0, 0.05) is 4.47 Å². The van der Waals surface area contributed by atoms with Gasteiger partial charge in [-0.15, -0.1) is 0 Å². The lowest BCUT2D eigenvalue weighted by Gasteiger charge is -2.12. The van der Waals surface area contributed by atoms with Crippen molar-refractivity contribution in [3.8, 4) is 11.5 Å². The van der Waals surface area contributed by atoms with Crippen LogP contribution >= 0.6 is 15.9 Å². The molecule has 140 valence electrons. The average molecular weight is 429 g/mol. The van der Waals surface area contributed by atoms with Gasteiger partial charge in [0.2, 0.25) is 5.95 Å². The van der Waals surface area contributed by atoms with Crippen molar-refractivity contribution in [2.45, 2.75) is 20.5 Å². The lowest BCUT2D eigenvalue weighted by atomic mass is 10.2. The van der Waals surface area contributed by atoms with Gasteiger partial charge in [-0.25, -0.2) is 9.66 Å². The Bertz CT molecular complexity index is 936. The first kappa shape index (κ1) is 19.0. The minimum absolute atomic E-state index is 0.350. The first-order valence-electron chi connectivity index (χ1n) is 8.55. The zero-order chi connectivity index (χ0) is 19.2. The summed E-state index contributed by atoms with van der Waals surface area (Å²) >= 11 is 3.43. The maximum absolute atomic E-state index is 5.94. The number of imidazole rings is 1. The third-order valence-electron chi connectivity index (χ3n) is 3.74. The highest BCUT2D eigenvalue weighted by atomic mass is 79.9. The third-order valence-corrected chi connectivity index (χ3v) is 4.27. The van der Waals surface area contributed by atoms with Gasteiger partial charge >= 0.3 is 0 Å². The van der Waals surface area contributed by atoms with Crippen LogP contribution in [0, 0.1) is 6.92 Å². The molecule has 0 saturated heterocycles. The highest BCUT2D eigenvalue weighted by Crippen LogP contribution is 2.29. The van der Waals surface area contributed by atoms with Crippen LogP contribution in [0.25, 0.3) is 0 Å². The summed E-state index contributed by atoms with van der Waals surface area (Å²) in [5.41, 5.74) is 8.57. The number of benzene rings is 2. The largest absolute Gasteiger partial charge is 0.490 e. The molecule has 1 aromatic heterocycles. The molecule has 27 heavy (non-hydrogen) atoms. The Balaban J connectivity index is 1.75. The summed E-state index contributed by atoms with van der Waals surface area (Å²) in [7, 11) is 0. The van der Waals surface area contributed by atoms with Gasteiger partial charge in [-0.1, -0.05) is 28.1 Å². The van der Waals surface area contributed by atoms with Crippen molar-refractivity contribution in [3.05, 3.63) is 70.0 Å². The van der Waals surface area contributed by atoms with E-state index in [1.807, 2.05) is 56.3 Å². The zero-order valence-electron chi connectivity index (χ0n) is 15.2. The molecule has 3 aromatic rings. The van der Waals surface area contributed by atoms with E-state index in [-0.39, 0.29) is 0 Å². The van der Waals surface area contributed by atoms with Crippen molar-refractivity contribution >= 4 is 28.1 Å². The molecule has 0 radical (unpaired) electrons. The van der Waals surface area contributed by atoms with Gasteiger partial charge in [0.05, 0.1) is 24.7 Å². The van der Waals surface area contributed by atoms with Crippen molar-refractivity contribution < 1.29 is 9.47 Å². The SMILES string of the molecule is CCOc1cc(C=Nn2cc(C)nc2N)ccc1OCc1ccc(Br)cc1. The van der Waals surface area contributed by atoms with E-state index in [4.69, 9.17) is 15.2 Å². The predicted octanol–water partition coefficient (Wildman–Crippen LogP) is 4.40. The number of hydrogen-bond acceptors (Lipinski definition) is 5. The van der Waals surface area contributed by atoms with Crippen LogP contribution in [-0.2, 0) is 6.61 Å². The molecule has 0 aliphatic rings. The fourth-order valence-corrected chi connectivity index (χ4v) is 2.72. The molecular weight excluding hydrogens is 408 g/mol. The summed E-state index contributed by atoms with van der Waals surface area (Å²) in [6, 6.07) is 13.7. The number of nitrogens with two attached hydrogens (primary N) is 1. The predicted molar refractivity (Wildman–Crippen MR) is 110 cm³/mol. The molecule has 2 N–H and O–H groups in total. The Hall–Kier alpha value is -2.80. The fraction of sp³-hybridized carbons (Fsp3) is 0.200. The normalized spacial score (nSPS) is 11.1. The number of rotatable bonds is 7. The van der Waals surface area contributed by atoms with Gasteiger partial charge in [0.15, 0.2) is 11.5 Å². The van der Waals surface area contributed by atoms with Crippen molar-refractivity contribution in [2.24, 2.45) is 5.10 Å². The molecule has 0 aliphatic heterocycles. The maximum atomic E-state index is 5.94. The summed E-state index contributed by atoms with van der Waals surface area (Å²) in [5, 5.41) is 4.33. The zero-order valence-corrected chi connectivity index (χ0v) is 16.8. The Kier molecular flexibility index (Phi) is 6.13. The Morgan fingerprint density at radius 2 is 1.93 bits per heavy atom. The molecule has 2 aromatic carbocycles. The number of nitrogens with zero attached hydrogens (tertiary/aromatic N) is 3. The van der Waals surface area contributed by atoms with E-state index in [9.17, 15) is 0 Å². The lowest BCUT2D eigenvalue weighted by Crippen LogP contribution is -2.01. The first-order chi connectivity index (χ1) is 13.0. The van der Waals surface area contributed by atoms with E-state index in [2.05, 4.69) is 26.0 Å². The van der Waals surface area contributed by atoms with Crippen LogP contribution in [-0.4, -0.2) is 22.5 Å². The number of nitrogen functional groups attached to an aromatic ring is 1. The summed E-state index contributed by atoms with van der Waals surface area (Å²) in [4.78, 5) is 4.12. The number of anilines is 1. The van der Waals surface area contributed by atoms with Gasteiger partial charge in [-0.05, 0) is 55.3 Å². The second-order valence-corrected chi connectivity index (χ2v) is 6.80. The van der Waals surface area contributed by atoms with Gasteiger partial charge in [0.25, 0.3) is 0 Å². The molecule has 0 spiro atoms. The molecule has 0 bridgehead atoms. The van der Waals surface area contributed by atoms with Crippen LogP contribution in [0.3, 0.4) is 0 Å². The maximum Gasteiger partial charge on any atom is 0.221 e. The van der Waals surface area contributed by atoms with Gasteiger partial charge < -0.3 is 15.2 Å². The number of ether oxygens (including phenoxy) is 2. The van der Waals surface area contributed by atoms with Crippen LogP contribution in [0.15, 0.2) is 58.2 Å². The van der Waals surface area contributed by atoms with Crippen LogP contribution in [0.1, 0.15) is 23.7 Å². The fourth-order valence-electron chi connectivity index (χ4n) is 2.46. The average Bonchev–Trinajstić information content (AvgIpc) is 2.98. The minimum atomic E-state index is 0.350. The van der Waals surface area contributed by atoms with E-state index in [1.54, 1.807) is 12.4 Å². The van der Waals surface area contributed by atoms with E-state index in [0.29, 0.717) is 30.7 Å². The molecule has 0 aliphatic carbocycles. The highest BCUT2D eigenvalue weighted by Gasteiger charge is 2.07. The Morgan fingerprint density at radius 3 is 2.59 bits per heavy atom. The molecule has 0 atom stereocenters. The smallest absolute Gasteiger partial charge is 0.221 e. The molecule has 3 rings (SSSR count). The quantitative estimate of drug-likeness (QED) is 0.565.